The number of carboxylic acid groups (broad SMARTS) is 1. The van der Waals surface area contributed by atoms with Crippen LogP contribution in [0.4, 0.5) is 13.2 Å². The van der Waals surface area contributed by atoms with Crippen molar-refractivity contribution in [3.8, 4) is 11.3 Å². The topological polar surface area (TPSA) is 127 Å². The van der Waals surface area contributed by atoms with Gasteiger partial charge >= 0.3 is 12.1 Å². The van der Waals surface area contributed by atoms with Gasteiger partial charge in [0.15, 0.2) is 5.76 Å². The molecule has 12 heteroatoms. The molecule has 3 aromatic rings. The Hall–Kier alpha value is -3.67. The van der Waals surface area contributed by atoms with Crippen molar-refractivity contribution < 1.29 is 32.3 Å². The minimum Gasteiger partial charge on any atom is -0.475 e. The van der Waals surface area contributed by atoms with Gasteiger partial charge < -0.3 is 20.2 Å². The maximum Gasteiger partial charge on any atom is 0.490 e. The molecule has 3 heterocycles. The number of likely N-dealkylation sites (tertiary alicyclic amines) is 1. The molecule has 4 rings (SSSR count). The SMILES string of the molecule is Cc1cccc(-c2ccc(C(=O)N3CCC(Cn4cc(CN)nn4)CC3)o2)c1.O=C(O)C(F)(F)F. The summed E-state index contributed by atoms with van der Waals surface area (Å²) in [4.78, 5) is 23.6. The van der Waals surface area contributed by atoms with Crippen molar-refractivity contribution in [2.45, 2.75) is 39.0 Å². The highest BCUT2D eigenvalue weighted by Gasteiger charge is 2.38. The summed E-state index contributed by atoms with van der Waals surface area (Å²) in [5.74, 6) is -1.19. The lowest BCUT2D eigenvalue weighted by Crippen LogP contribution is -2.39. The monoisotopic (exact) mass is 493 g/mol. The number of aryl methyl sites for hydroxylation is 1. The van der Waals surface area contributed by atoms with E-state index in [0.29, 0.717) is 18.2 Å². The second-order valence-corrected chi connectivity index (χ2v) is 8.21. The van der Waals surface area contributed by atoms with Crippen molar-refractivity contribution in [2.75, 3.05) is 13.1 Å². The fourth-order valence-electron chi connectivity index (χ4n) is 3.67. The molecule has 0 bridgehead atoms. The number of carbonyl (C=O) groups excluding carboxylic acids is 1. The normalized spacial score (nSPS) is 14.4. The van der Waals surface area contributed by atoms with E-state index in [0.717, 1.165) is 55.1 Å². The number of halogens is 3. The van der Waals surface area contributed by atoms with E-state index >= 15 is 0 Å². The highest BCUT2D eigenvalue weighted by atomic mass is 19.4. The van der Waals surface area contributed by atoms with E-state index in [9.17, 15) is 18.0 Å². The summed E-state index contributed by atoms with van der Waals surface area (Å²) >= 11 is 0. The molecule has 0 radical (unpaired) electrons. The van der Waals surface area contributed by atoms with E-state index in [1.165, 1.54) is 0 Å². The summed E-state index contributed by atoms with van der Waals surface area (Å²) in [6.07, 6.45) is -1.31. The summed E-state index contributed by atoms with van der Waals surface area (Å²) in [6, 6.07) is 11.7. The van der Waals surface area contributed by atoms with E-state index in [-0.39, 0.29) is 5.91 Å². The smallest absolute Gasteiger partial charge is 0.475 e. The van der Waals surface area contributed by atoms with Gasteiger partial charge in [0.2, 0.25) is 0 Å². The molecule has 1 aromatic carbocycles. The van der Waals surface area contributed by atoms with Crippen molar-refractivity contribution in [1.82, 2.24) is 19.9 Å². The van der Waals surface area contributed by atoms with Gasteiger partial charge in [-0.2, -0.15) is 13.2 Å². The number of alkyl halides is 3. The zero-order chi connectivity index (χ0) is 25.6. The molecule has 2 aromatic heterocycles. The summed E-state index contributed by atoms with van der Waals surface area (Å²) in [7, 11) is 0. The minimum absolute atomic E-state index is 0.0384. The Balaban J connectivity index is 0.000000429. The van der Waals surface area contributed by atoms with E-state index in [1.807, 2.05) is 47.0 Å². The van der Waals surface area contributed by atoms with Gasteiger partial charge in [-0.25, -0.2) is 4.79 Å². The number of rotatable bonds is 5. The quantitative estimate of drug-likeness (QED) is 0.557. The summed E-state index contributed by atoms with van der Waals surface area (Å²) in [5.41, 5.74) is 8.53. The molecule has 3 N–H and O–H groups in total. The molecule has 1 saturated heterocycles. The van der Waals surface area contributed by atoms with Gasteiger partial charge in [0.1, 0.15) is 5.76 Å². The summed E-state index contributed by atoms with van der Waals surface area (Å²) in [5, 5.41) is 15.3. The Kier molecular flexibility index (Phi) is 8.28. The predicted octanol–water partition coefficient (Wildman–Crippen LogP) is 3.49. The number of hydrogen-bond acceptors (Lipinski definition) is 6. The molecule has 1 aliphatic rings. The Bertz CT molecular complexity index is 1150. The molecular formula is C23H26F3N5O4. The second-order valence-electron chi connectivity index (χ2n) is 8.21. The van der Waals surface area contributed by atoms with Crippen LogP contribution in [0, 0.1) is 12.8 Å². The van der Waals surface area contributed by atoms with E-state index < -0.39 is 12.1 Å². The molecule has 1 aliphatic heterocycles. The number of hydrogen-bond donors (Lipinski definition) is 2. The first kappa shape index (κ1) is 25.9. The first-order chi connectivity index (χ1) is 16.6. The lowest BCUT2D eigenvalue weighted by atomic mass is 9.96. The molecule has 0 spiro atoms. The Morgan fingerprint density at radius 2 is 1.89 bits per heavy atom. The van der Waals surface area contributed by atoms with Gasteiger partial charge in [0.25, 0.3) is 5.91 Å². The molecule has 9 nitrogen and oxygen atoms in total. The molecule has 0 unspecified atom stereocenters. The number of benzene rings is 1. The molecule has 0 atom stereocenters. The van der Waals surface area contributed by atoms with Crippen LogP contribution in [0.5, 0.6) is 0 Å². The van der Waals surface area contributed by atoms with E-state index in [2.05, 4.69) is 16.4 Å². The predicted molar refractivity (Wildman–Crippen MR) is 119 cm³/mol. The minimum atomic E-state index is -5.08. The third-order valence-electron chi connectivity index (χ3n) is 5.50. The van der Waals surface area contributed by atoms with Crippen LogP contribution in [-0.4, -0.2) is 56.1 Å². The van der Waals surface area contributed by atoms with Gasteiger partial charge in [-0.15, -0.1) is 5.10 Å². The highest BCUT2D eigenvalue weighted by Crippen LogP contribution is 2.25. The van der Waals surface area contributed by atoms with Crippen LogP contribution in [-0.2, 0) is 17.9 Å². The summed E-state index contributed by atoms with van der Waals surface area (Å²) < 4.78 is 39.4. The number of furan rings is 1. The zero-order valence-corrected chi connectivity index (χ0v) is 19.0. The standard InChI is InChI=1S/C21H25N5O2.C2HF3O2/c1-15-3-2-4-17(11-15)19-5-6-20(28-19)21(27)25-9-7-16(8-10-25)13-26-14-18(12-22)23-24-26;3-2(4,5)1(6)7/h2-6,11,14,16H,7-10,12-13,22H2,1H3;(H,6,7). The van der Waals surface area contributed by atoms with Gasteiger partial charge in [-0.05, 0) is 43.9 Å². The first-order valence-electron chi connectivity index (χ1n) is 10.9. The fraction of sp³-hybridized carbons (Fsp3) is 0.391. The van der Waals surface area contributed by atoms with Crippen LogP contribution in [0.1, 0.15) is 34.7 Å². The Morgan fingerprint density at radius 1 is 1.20 bits per heavy atom. The van der Waals surface area contributed by atoms with Crippen LogP contribution in [0.2, 0.25) is 0 Å². The van der Waals surface area contributed by atoms with Crippen molar-refractivity contribution in [3.05, 3.63) is 59.6 Å². The number of piperidine rings is 1. The number of amides is 1. The van der Waals surface area contributed by atoms with Gasteiger partial charge in [0.05, 0.1) is 5.69 Å². The van der Waals surface area contributed by atoms with Crippen molar-refractivity contribution >= 4 is 11.9 Å². The highest BCUT2D eigenvalue weighted by molar-refractivity contribution is 5.92. The Labute approximate surface area is 199 Å². The largest absolute Gasteiger partial charge is 0.490 e. The molecule has 0 saturated carbocycles. The number of aromatic nitrogens is 3. The average Bonchev–Trinajstić information content (AvgIpc) is 3.49. The number of nitrogens with two attached hydrogens (primary N) is 1. The molecule has 35 heavy (non-hydrogen) atoms. The maximum absolute atomic E-state index is 12.8. The summed E-state index contributed by atoms with van der Waals surface area (Å²) in [6.45, 7) is 4.71. The van der Waals surface area contributed by atoms with Crippen molar-refractivity contribution in [1.29, 1.82) is 0 Å². The van der Waals surface area contributed by atoms with Gasteiger partial charge in [-0.1, -0.05) is 29.0 Å². The van der Waals surface area contributed by atoms with E-state index in [1.54, 1.807) is 6.07 Å². The zero-order valence-electron chi connectivity index (χ0n) is 19.0. The van der Waals surface area contributed by atoms with Crippen LogP contribution < -0.4 is 5.73 Å². The van der Waals surface area contributed by atoms with Crippen LogP contribution in [0.15, 0.2) is 47.0 Å². The second kappa shape index (κ2) is 11.2. The van der Waals surface area contributed by atoms with Crippen molar-refractivity contribution in [2.24, 2.45) is 11.7 Å². The molecule has 188 valence electrons. The number of nitrogens with zero attached hydrogens (tertiary/aromatic N) is 4. The lowest BCUT2D eigenvalue weighted by Gasteiger charge is -2.31. The lowest BCUT2D eigenvalue weighted by molar-refractivity contribution is -0.192. The maximum atomic E-state index is 12.8. The van der Waals surface area contributed by atoms with Gasteiger partial charge in [0, 0.05) is 37.9 Å². The number of aliphatic carboxylic acids is 1. The molecule has 0 aliphatic carbocycles. The average molecular weight is 493 g/mol. The van der Waals surface area contributed by atoms with Crippen LogP contribution >= 0.6 is 0 Å². The Morgan fingerprint density at radius 3 is 2.46 bits per heavy atom. The molecule has 1 fully saturated rings. The van der Waals surface area contributed by atoms with Crippen LogP contribution in [0.25, 0.3) is 11.3 Å². The first-order valence-corrected chi connectivity index (χ1v) is 10.9. The number of carboxylic acids is 1. The molecule has 1 amide bonds. The van der Waals surface area contributed by atoms with Gasteiger partial charge in [-0.3, -0.25) is 9.48 Å². The third-order valence-corrected chi connectivity index (χ3v) is 5.50. The van der Waals surface area contributed by atoms with Crippen LogP contribution in [0.3, 0.4) is 0 Å². The molecular weight excluding hydrogens is 467 g/mol. The number of carbonyl (C=O) groups is 2. The van der Waals surface area contributed by atoms with Crippen molar-refractivity contribution in [3.63, 3.8) is 0 Å². The third kappa shape index (κ3) is 7.15. The van der Waals surface area contributed by atoms with E-state index in [4.69, 9.17) is 20.1 Å². The fourth-order valence-corrected chi connectivity index (χ4v) is 3.67.